The molecule has 0 saturated heterocycles. The van der Waals surface area contributed by atoms with Gasteiger partial charge in [0, 0.05) is 34.4 Å². The minimum Gasteiger partial charge on any atom is -0.465 e. The fraction of sp³-hybridized carbons (Fsp3) is 0.200. The van der Waals surface area contributed by atoms with Crippen molar-refractivity contribution in [1.82, 2.24) is 0 Å². The number of nitrogens with zero attached hydrogens (tertiary/aromatic N) is 1. The topological polar surface area (TPSA) is 46.6 Å². The van der Waals surface area contributed by atoms with E-state index in [-0.39, 0.29) is 16.9 Å². The van der Waals surface area contributed by atoms with Crippen LogP contribution in [0.3, 0.4) is 0 Å². The van der Waals surface area contributed by atoms with Crippen LogP contribution in [0.15, 0.2) is 66.7 Å². The number of halogens is 2. The summed E-state index contributed by atoms with van der Waals surface area (Å²) in [7, 11) is 1.17. The number of hydrogen-bond acceptors (Lipinski definition) is 4. The van der Waals surface area contributed by atoms with Gasteiger partial charge >= 0.3 is 5.97 Å². The van der Waals surface area contributed by atoms with Crippen LogP contribution in [0.25, 0.3) is 0 Å². The van der Waals surface area contributed by atoms with E-state index in [1.165, 1.54) is 19.2 Å². The first-order valence-corrected chi connectivity index (χ1v) is 10.4. The fourth-order valence-corrected chi connectivity index (χ4v) is 3.63. The number of anilines is 1. The van der Waals surface area contributed by atoms with Gasteiger partial charge in [-0.15, -0.1) is 0 Å². The average Bonchev–Trinajstić information content (AvgIpc) is 3.63. The van der Waals surface area contributed by atoms with Crippen molar-refractivity contribution in [1.29, 1.82) is 0 Å². The number of esters is 1. The summed E-state index contributed by atoms with van der Waals surface area (Å²) in [5, 5.41) is 0.709. The number of carbonyl (C=O) groups is 2. The molecule has 0 bridgehead atoms. The maximum Gasteiger partial charge on any atom is 0.340 e. The molecular formula is C25H21ClFNO3. The third kappa shape index (κ3) is 4.78. The van der Waals surface area contributed by atoms with Crippen molar-refractivity contribution in [3.63, 3.8) is 0 Å². The molecule has 0 aromatic heterocycles. The van der Waals surface area contributed by atoms with E-state index in [1.807, 2.05) is 36.4 Å². The zero-order valence-corrected chi connectivity index (χ0v) is 17.7. The van der Waals surface area contributed by atoms with Crippen molar-refractivity contribution in [2.24, 2.45) is 0 Å². The number of hydrogen-bond donors (Lipinski definition) is 0. The van der Waals surface area contributed by atoms with E-state index in [2.05, 4.69) is 9.64 Å². The summed E-state index contributed by atoms with van der Waals surface area (Å²) >= 11 is 5.99. The van der Waals surface area contributed by atoms with Crippen LogP contribution in [-0.4, -0.2) is 24.9 Å². The Morgan fingerprint density at radius 2 is 1.65 bits per heavy atom. The van der Waals surface area contributed by atoms with Crippen molar-refractivity contribution < 1.29 is 18.7 Å². The van der Waals surface area contributed by atoms with Crippen molar-refractivity contribution in [2.75, 3.05) is 12.0 Å². The van der Waals surface area contributed by atoms with Crippen molar-refractivity contribution in [3.05, 3.63) is 99.8 Å². The summed E-state index contributed by atoms with van der Waals surface area (Å²) in [5.74, 6) is -1.82. The van der Waals surface area contributed by atoms with E-state index in [9.17, 15) is 14.0 Å². The molecule has 3 aromatic rings. The van der Waals surface area contributed by atoms with Crippen molar-refractivity contribution in [3.8, 4) is 0 Å². The zero-order chi connectivity index (χ0) is 22.0. The van der Waals surface area contributed by atoms with Crippen molar-refractivity contribution >= 4 is 29.0 Å². The van der Waals surface area contributed by atoms with Crippen LogP contribution in [0.1, 0.15) is 44.7 Å². The molecule has 1 saturated carbocycles. The van der Waals surface area contributed by atoms with Gasteiger partial charge in [0.2, 0.25) is 0 Å². The summed E-state index contributed by atoms with van der Waals surface area (Å²) in [4.78, 5) is 26.9. The second-order valence-corrected chi connectivity index (χ2v) is 7.98. The SMILES string of the molecule is COC(=O)c1cc(C(=O)c2ccc(N(Cc3ccc(Cl)cc3)C3CC3)cc2)ccc1F. The summed E-state index contributed by atoms with van der Waals surface area (Å²) in [6.45, 7) is 0.760. The minimum atomic E-state index is -0.815. The Balaban J connectivity index is 1.55. The lowest BCUT2D eigenvalue weighted by Gasteiger charge is -2.25. The Morgan fingerprint density at radius 1 is 1.00 bits per heavy atom. The number of ketones is 1. The van der Waals surface area contributed by atoms with E-state index in [0.29, 0.717) is 16.6 Å². The van der Waals surface area contributed by atoms with Gasteiger partial charge < -0.3 is 9.64 Å². The van der Waals surface area contributed by atoms with Gasteiger partial charge in [0.15, 0.2) is 5.78 Å². The molecule has 31 heavy (non-hydrogen) atoms. The minimum absolute atomic E-state index is 0.231. The molecule has 0 N–H and O–H groups in total. The molecule has 0 aliphatic heterocycles. The summed E-state index contributed by atoms with van der Waals surface area (Å²) in [6.07, 6.45) is 2.28. The van der Waals surface area contributed by atoms with Gasteiger partial charge in [-0.3, -0.25) is 4.79 Å². The highest BCUT2D eigenvalue weighted by molar-refractivity contribution is 6.30. The highest BCUT2D eigenvalue weighted by atomic mass is 35.5. The van der Waals surface area contributed by atoms with Crippen LogP contribution >= 0.6 is 11.6 Å². The second-order valence-electron chi connectivity index (χ2n) is 7.55. The first-order valence-electron chi connectivity index (χ1n) is 10.00. The third-order valence-corrected chi connectivity index (χ3v) is 5.60. The quantitative estimate of drug-likeness (QED) is 0.353. The van der Waals surface area contributed by atoms with Crippen LogP contribution in [0.5, 0.6) is 0 Å². The molecule has 3 aromatic carbocycles. The predicted octanol–water partition coefficient (Wildman–Crippen LogP) is 5.67. The van der Waals surface area contributed by atoms with Crippen LogP contribution in [0.2, 0.25) is 5.02 Å². The highest BCUT2D eigenvalue weighted by Gasteiger charge is 2.29. The number of methoxy groups -OCH3 is 1. The maximum atomic E-state index is 13.9. The Kier molecular flexibility index (Phi) is 6.05. The summed E-state index contributed by atoms with van der Waals surface area (Å²) in [5.41, 5.74) is 2.64. The molecule has 0 amide bonds. The first-order chi connectivity index (χ1) is 15.0. The largest absolute Gasteiger partial charge is 0.465 e. The Morgan fingerprint density at radius 3 is 2.26 bits per heavy atom. The van der Waals surface area contributed by atoms with Gasteiger partial charge in [-0.25, -0.2) is 9.18 Å². The van der Waals surface area contributed by atoms with E-state index >= 15 is 0 Å². The normalized spacial score (nSPS) is 13.0. The van der Waals surface area contributed by atoms with Gasteiger partial charge in [0.1, 0.15) is 5.82 Å². The maximum absolute atomic E-state index is 13.9. The van der Waals surface area contributed by atoms with Crippen LogP contribution in [0.4, 0.5) is 10.1 Å². The molecule has 4 nitrogen and oxygen atoms in total. The monoisotopic (exact) mass is 437 g/mol. The van der Waals surface area contributed by atoms with Crippen LogP contribution in [0, 0.1) is 5.82 Å². The van der Waals surface area contributed by atoms with E-state index < -0.39 is 11.8 Å². The van der Waals surface area contributed by atoms with Gasteiger partial charge in [0.05, 0.1) is 12.7 Å². The smallest absolute Gasteiger partial charge is 0.340 e. The predicted molar refractivity (Wildman–Crippen MR) is 118 cm³/mol. The molecule has 1 aliphatic rings. The van der Waals surface area contributed by atoms with Crippen LogP contribution in [-0.2, 0) is 11.3 Å². The lowest BCUT2D eigenvalue weighted by molar-refractivity contribution is 0.0595. The van der Waals surface area contributed by atoms with E-state index in [4.69, 9.17) is 11.6 Å². The lowest BCUT2D eigenvalue weighted by Crippen LogP contribution is -2.25. The van der Waals surface area contributed by atoms with Crippen molar-refractivity contribution in [2.45, 2.75) is 25.4 Å². The number of ether oxygens (including phenoxy) is 1. The molecule has 1 fully saturated rings. The van der Waals surface area contributed by atoms with E-state index in [0.717, 1.165) is 36.7 Å². The molecule has 4 rings (SSSR count). The van der Waals surface area contributed by atoms with Crippen LogP contribution < -0.4 is 4.90 Å². The number of carbonyl (C=O) groups excluding carboxylic acids is 2. The average molecular weight is 438 g/mol. The molecular weight excluding hydrogens is 417 g/mol. The first kappa shape index (κ1) is 21.1. The van der Waals surface area contributed by atoms with E-state index in [1.54, 1.807) is 12.1 Å². The molecule has 6 heteroatoms. The van der Waals surface area contributed by atoms with Gasteiger partial charge in [-0.05, 0) is 73.0 Å². The zero-order valence-electron chi connectivity index (χ0n) is 17.0. The number of rotatable bonds is 7. The molecule has 158 valence electrons. The molecule has 0 spiro atoms. The van der Waals surface area contributed by atoms with Gasteiger partial charge in [-0.2, -0.15) is 0 Å². The summed E-state index contributed by atoms with van der Waals surface area (Å²) < 4.78 is 18.5. The fourth-order valence-electron chi connectivity index (χ4n) is 3.51. The standard InChI is InChI=1S/C25H21ClFNO3/c1-31-25(30)22-14-18(6-13-23(22)27)24(29)17-4-9-20(10-5-17)28(21-11-12-21)15-16-2-7-19(26)8-3-16/h2-10,13-14,21H,11-12,15H2,1H3. The Hall–Kier alpha value is -3.18. The Bertz CT molecular complexity index is 1110. The summed E-state index contributed by atoms with van der Waals surface area (Å²) in [6, 6.07) is 19.4. The lowest BCUT2D eigenvalue weighted by atomic mass is 10.0. The Labute approximate surface area is 185 Å². The highest BCUT2D eigenvalue weighted by Crippen LogP contribution is 2.33. The second kappa shape index (κ2) is 8.90. The molecule has 0 unspecified atom stereocenters. The van der Waals surface area contributed by atoms with Gasteiger partial charge in [-0.1, -0.05) is 23.7 Å². The number of benzene rings is 3. The third-order valence-electron chi connectivity index (χ3n) is 5.35. The molecule has 0 radical (unpaired) electrons. The molecule has 0 atom stereocenters. The van der Waals surface area contributed by atoms with Gasteiger partial charge in [0.25, 0.3) is 0 Å². The molecule has 1 aliphatic carbocycles. The molecule has 0 heterocycles.